The van der Waals surface area contributed by atoms with E-state index in [0.717, 1.165) is 49.1 Å². The molecule has 4 rings (SSSR count). The number of piperazine rings is 1. The highest BCUT2D eigenvalue weighted by Gasteiger charge is 2.19. The standard InChI is InChI=1S/C17H20N4O2S/c1-13-12-24-16(18-13)20-9-6-19(7-10-20)8-11-21-14-4-2-3-5-15(14)23-17(21)22/h2-5,12H,6-11H2,1H3. The second kappa shape index (κ2) is 6.41. The summed E-state index contributed by atoms with van der Waals surface area (Å²) in [5.41, 5.74) is 2.62. The van der Waals surface area contributed by atoms with E-state index in [-0.39, 0.29) is 5.76 Å². The molecule has 1 aliphatic rings. The van der Waals surface area contributed by atoms with Crippen LogP contribution >= 0.6 is 11.3 Å². The first-order chi connectivity index (χ1) is 11.7. The van der Waals surface area contributed by atoms with Crippen LogP contribution in [-0.2, 0) is 6.54 Å². The van der Waals surface area contributed by atoms with Crippen molar-refractivity contribution >= 4 is 27.6 Å². The van der Waals surface area contributed by atoms with Crippen LogP contribution in [0.25, 0.3) is 11.1 Å². The minimum absolute atomic E-state index is 0.270. The lowest BCUT2D eigenvalue weighted by molar-refractivity contribution is 0.246. The van der Waals surface area contributed by atoms with Gasteiger partial charge in [0.1, 0.15) is 0 Å². The summed E-state index contributed by atoms with van der Waals surface area (Å²) in [4.78, 5) is 21.3. The Morgan fingerprint density at radius 3 is 2.71 bits per heavy atom. The molecule has 0 radical (unpaired) electrons. The lowest BCUT2D eigenvalue weighted by Gasteiger charge is -2.34. The predicted molar refractivity (Wildman–Crippen MR) is 96.0 cm³/mol. The van der Waals surface area contributed by atoms with Crippen LogP contribution in [0.2, 0.25) is 0 Å². The minimum Gasteiger partial charge on any atom is -0.408 e. The number of para-hydroxylation sites is 2. The van der Waals surface area contributed by atoms with E-state index >= 15 is 0 Å². The number of hydrogen-bond donors (Lipinski definition) is 0. The summed E-state index contributed by atoms with van der Waals surface area (Å²) in [6, 6.07) is 7.59. The van der Waals surface area contributed by atoms with Gasteiger partial charge in [0.15, 0.2) is 10.7 Å². The summed E-state index contributed by atoms with van der Waals surface area (Å²) in [5.74, 6) is -0.270. The van der Waals surface area contributed by atoms with Crippen molar-refractivity contribution in [3.05, 3.63) is 45.9 Å². The molecule has 0 amide bonds. The second-order valence-corrected chi connectivity index (χ2v) is 6.92. The summed E-state index contributed by atoms with van der Waals surface area (Å²) in [6.45, 7) is 7.48. The molecule has 0 atom stereocenters. The predicted octanol–water partition coefficient (Wildman–Crippen LogP) is 2.18. The van der Waals surface area contributed by atoms with Crippen LogP contribution in [0.3, 0.4) is 0 Å². The maximum absolute atomic E-state index is 12.0. The van der Waals surface area contributed by atoms with Crippen molar-refractivity contribution in [3.8, 4) is 0 Å². The van der Waals surface area contributed by atoms with Crippen molar-refractivity contribution in [1.29, 1.82) is 0 Å². The first kappa shape index (κ1) is 15.4. The van der Waals surface area contributed by atoms with Crippen LogP contribution in [0.15, 0.2) is 38.9 Å². The molecule has 1 fully saturated rings. The van der Waals surface area contributed by atoms with E-state index in [0.29, 0.717) is 12.1 Å². The van der Waals surface area contributed by atoms with Gasteiger partial charge in [0.05, 0.1) is 11.2 Å². The van der Waals surface area contributed by atoms with Crippen molar-refractivity contribution in [2.24, 2.45) is 0 Å². The van der Waals surface area contributed by atoms with Gasteiger partial charge in [0, 0.05) is 44.6 Å². The number of hydrogen-bond acceptors (Lipinski definition) is 6. The van der Waals surface area contributed by atoms with Crippen molar-refractivity contribution in [1.82, 2.24) is 14.5 Å². The zero-order valence-corrected chi connectivity index (χ0v) is 14.5. The quantitative estimate of drug-likeness (QED) is 0.726. The summed E-state index contributed by atoms with van der Waals surface area (Å²) in [6.07, 6.45) is 0. The Bertz CT molecular complexity index is 889. The fourth-order valence-electron chi connectivity index (χ4n) is 3.12. The van der Waals surface area contributed by atoms with Gasteiger partial charge in [-0.15, -0.1) is 11.3 Å². The van der Waals surface area contributed by atoms with E-state index in [1.807, 2.05) is 31.2 Å². The molecule has 3 aromatic rings. The minimum atomic E-state index is -0.270. The summed E-state index contributed by atoms with van der Waals surface area (Å²) in [5, 5.41) is 3.21. The van der Waals surface area contributed by atoms with Crippen LogP contribution in [0.1, 0.15) is 5.69 Å². The molecule has 6 nitrogen and oxygen atoms in total. The fourth-order valence-corrected chi connectivity index (χ4v) is 3.97. The summed E-state index contributed by atoms with van der Waals surface area (Å²) >= 11 is 1.71. The molecule has 24 heavy (non-hydrogen) atoms. The first-order valence-electron chi connectivity index (χ1n) is 8.18. The Kier molecular flexibility index (Phi) is 4.12. The third kappa shape index (κ3) is 2.97. The molecule has 3 heterocycles. The molecule has 0 N–H and O–H groups in total. The number of benzene rings is 1. The molecule has 1 saturated heterocycles. The van der Waals surface area contributed by atoms with E-state index in [9.17, 15) is 4.79 Å². The largest absolute Gasteiger partial charge is 0.419 e. The van der Waals surface area contributed by atoms with Crippen molar-refractivity contribution in [2.75, 3.05) is 37.6 Å². The van der Waals surface area contributed by atoms with Gasteiger partial charge >= 0.3 is 5.76 Å². The van der Waals surface area contributed by atoms with E-state index in [1.54, 1.807) is 15.9 Å². The van der Waals surface area contributed by atoms with Crippen LogP contribution in [-0.4, -0.2) is 47.2 Å². The van der Waals surface area contributed by atoms with Crippen LogP contribution in [0.5, 0.6) is 0 Å². The maximum atomic E-state index is 12.0. The van der Waals surface area contributed by atoms with Gasteiger partial charge in [-0.25, -0.2) is 9.78 Å². The lowest BCUT2D eigenvalue weighted by atomic mass is 10.3. The average molecular weight is 344 g/mol. The van der Waals surface area contributed by atoms with Gasteiger partial charge in [-0.2, -0.15) is 0 Å². The molecule has 0 spiro atoms. The molecular weight excluding hydrogens is 324 g/mol. The summed E-state index contributed by atoms with van der Waals surface area (Å²) < 4.78 is 7.02. The Hall–Kier alpha value is -2.12. The van der Waals surface area contributed by atoms with Gasteiger partial charge in [-0.3, -0.25) is 9.47 Å². The highest BCUT2D eigenvalue weighted by Crippen LogP contribution is 2.21. The molecule has 7 heteroatoms. The Balaban J connectivity index is 1.37. The molecule has 0 bridgehead atoms. The number of aryl methyl sites for hydroxylation is 1. The SMILES string of the molecule is Cc1csc(N2CCN(CCn3c(=O)oc4ccccc43)CC2)n1. The monoisotopic (exact) mass is 344 g/mol. The van der Waals surface area contributed by atoms with Crippen molar-refractivity contribution in [2.45, 2.75) is 13.5 Å². The van der Waals surface area contributed by atoms with Crippen molar-refractivity contribution in [3.63, 3.8) is 0 Å². The van der Waals surface area contributed by atoms with Gasteiger partial charge in [-0.1, -0.05) is 12.1 Å². The Morgan fingerprint density at radius 2 is 1.96 bits per heavy atom. The van der Waals surface area contributed by atoms with Gasteiger partial charge in [0.25, 0.3) is 0 Å². The number of nitrogens with zero attached hydrogens (tertiary/aromatic N) is 4. The smallest absolute Gasteiger partial charge is 0.408 e. The van der Waals surface area contributed by atoms with Gasteiger partial charge < -0.3 is 9.32 Å². The average Bonchev–Trinajstić information content (AvgIpc) is 3.16. The van der Waals surface area contributed by atoms with E-state index in [2.05, 4.69) is 20.2 Å². The Labute approximate surface area is 143 Å². The molecule has 2 aromatic heterocycles. The molecule has 1 aliphatic heterocycles. The number of aromatic nitrogens is 2. The van der Waals surface area contributed by atoms with E-state index in [1.165, 1.54) is 0 Å². The third-order valence-corrected chi connectivity index (χ3v) is 5.48. The molecule has 0 aliphatic carbocycles. The molecule has 0 saturated carbocycles. The zero-order valence-electron chi connectivity index (χ0n) is 13.6. The molecule has 1 aromatic carbocycles. The number of fused-ring (bicyclic) bond motifs is 1. The zero-order chi connectivity index (χ0) is 16.5. The van der Waals surface area contributed by atoms with Crippen LogP contribution < -0.4 is 10.7 Å². The number of rotatable bonds is 4. The van der Waals surface area contributed by atoms with E-state index < -0.39 is 0 Å². The number of oxazole rings is 1. The highest BCUT2D eigenvalue weighted by atomic mass is 32.1. The third-order valence-electron chi connectivity index (χ3n) is 4.46. The van der Waals surface area contributed by atoms with Gasteiger partial charge in [0.2, 0.25) is 0 Å². The maximum Gasteiger partial charge on any atom is 0.419 e. The van der Waals surface area contributed by atoms with Crippen molar-refractivity contribution < 1.29 is 4.42 Å². The van der Waals surface area contributed by atoms with Crippen LogP contribution in [0, 0.1) is 6.92 Å². The molecule has 126 valence electrons. The first-order valence-corrected chi connectivity index (χ1v) is 9.06. The number of anilines is 1. The topological polar surface area (TPSA) is 54.5 Å². The van der Waals surface area contributed by atoms with E-state index in [4.69, 9.17) is 4.42 Å². The van der Waals surface area contributed by atoms with Crippen LogP contribution in [0.4, 0.5) is 5.13 Å². The summed E-state index contributed by atoms with van der Waals surface area (Å²) in [7, 11) is 0. The highest BCUT2D eigenvalue weighted by molar-refractivity contribution is 7.13. The Morgan fingerprint density at radius 1 is 1.17 bits per heavy atom. The normalized spacial score (nSPS) is 16.1. The molecule has 0 unspecified atom stereocenters. The number of thiazole rings is 1. The fraction of sp³-hybridized carbons (Fsp3) is 0.412. The molecular formula is C17H20N4O2S. The lowest BCUT2D eigenvalue weighted by Crippen LogP contribution is -2.47. The second-order valence-electron chi connectivity index (χ2n) is 6.09. The van der Waals surface area contributed by atoms with Gasteiger partial charge in [-0.05, 0) is 19.1 Å².